The maximum atomic E-state index is 13.3. The van der Waals surface area contributed by atoms with Crippen LogP contribution in [0.25, 0.3) is 0 Å². The van der Waals surface area contributed by atoms with Gasteiger partial charge in [-0.3, -0.25) is 9.59 Å². The van der Waals surface area contributed by atoms with E-state index in [9.17, 15) is 14.0 Å². The maximum Gasteiger partial charge on any atom is 0.244 e. The Balaban J connectivity index is 2.21. The van der Waals surface area contributed by atoms with Gasteiger partial charge in [0.05, 0.1) is 6.04 Å². The van der Waals surface area contributed by atoms with Crippen molar-refractivity contribution < 1.29 is 14.0 Å². The van der Waals surface area contributed by atoms with Crippen molar-refractivity contribution in [2.24, 2.45) is 0 Å². The maximum absolute atomic E-state index is 13.3. The molecular formula is C18H17FN2O2. The molecule has 0 aromatic heterocycles. The minimum Gasteiger partial charge on any atom is -0.324 e. The number of nitrogens with one attached hydrogen (secondary N) is 1. The highest BCUT2D eigenvalue weighted by Gasteiger charge is 2.31. The lowest BCUT2D eigenvalue weighted by Crippen LogP contribution is -2.37. The van der Waals surface area contributed by atoms with E-state index in [2.05, 4.69) is 5.32 Å². The van der Waals surface area contributed by atoms with Crippen LogP contribution in [0.5, 0.6) is 0 Å². The Kier molecular flexibility index (Phi) is 3.86. The Morgan fingerprint density at radius 1 is 1.22 bits per heavy atom. The van der Waals surface area contributed by atoms with Crippen LogP contribution in [0.2, 0.25) is 0 Å². The molecule has 0 saturated carbocycles. The zero-order valence-corrected chi connectivity index (χ0v) is 13.0. The molecule has 118 valence electrons. The molecule has 1 heterocycles. The number of hydrogen-bond acceptors (Lipinski definition) is 2. The van der Waals surface area contributed by atoms with Crippen molar-refractivity contribution >= 4 is 17.5 Å². The molecule has 1 unspecified atom stereocenters. The highest BCUT2D eigenvalue weighted by Crippen LogP contribution is 2.36. The first-order valence-corrected chi connectivity index (χ1v) is 7.39. The third-order valence-corrected chi connectivity index (χ3v) is 3.99. The summed E-state index contributed by atoms with van der Waals surface area (Å²) < 4.78 is 13.3. The molecule has 1 N–H and O–H groups in total. The Hall–Kier alpha value is -2.69. The first-order valence-electron chi connectivity index (χ1n) is 7.39. The van der Waals surface area contributed by atoms with Crippen molar-refractivity contribution in [3.05, 3.63) is 65.0 Å². The van der Waals surface area contributed by atoms with E-state index in [1.807, 2.05) is 25.1 Å². The van der Waals surface area contributed by atoms with Crippen LogP contribution >= 0.6 is 0 Å². The quantitative estimate of drug-likeness (QED) is 0.880. The summed E-state index contributed by atoms with van der Waals surface area (Å²) in [6.45, 7) is 3.35. The lowest BCUT2D eigenvalue weighted by atomic mass is 9.94. The third-order valence-electron chi connectivity index (χ3n) is 3.99. The minimum absolute atomic E-state index is 0.0366. The van der Waals surface area contributed by atoms with Gasteiger partial charge >= 0.3 is 0 Å². The molecule has 1 atom stereocenters. The first-order chi connectivity index (χ1) is 11.0. The number of hydrogen-bond donors (Lipinski definition) is 1. The van der Waals surface area contributed by atoms with Gasteiger partial charge in [0.15, 0.2) is 0 Å². The van der Waals surface area contributed by atoms with Gasteiger partial charge < -0.3 is 10.2 Å². The van der Waals surface area contributed by atoms with Gasteiger partial charge in [0, 0.05) is 18.2 Å². The van der Waals surface area contributed by atoms with E-state index in [1.54, 1.807) is 12.1 Å². The molecule has 2 amide bonds. The second-order valence-electron chi connectivity index (χ2n) is 5.74. The molecule has 1 aliphatic heterocycles. The summed E-state index contributed by atoms with van der Waals surface area (Å²) in [4.78, 5) is 25.7. The fourth-order valence-corrected chi connectivity index (χ4v) is 2.92. The highest BCUT2D eigenvalue weighted by atomic mass is 19.1. The fourth-order valence-electron chi connectivity index (χ4n) is 2.92. The van der Waals surface area contributed by atoms with E-state index in [1.165, 1.54) is 24.0 Å². The Labute approximate surface area is 133 Å². The molecule has 0 aliphatic carbocycles. The number of fused-ring (bicyclic) bond motifs is 1. The molecule has 0 saturated heterocycles. The molecule has 3 rings (SSSR count). The monoisotopic (exact) mass is 312 g/mol. The number of carbonyl (C=O) groups excluding carboxylic acids is 2. The smallest absolute Gasteiger partial charge is 0.244 e. The molecule has 23 heavy (non-hydrogen) atoms. The molecule has 2 aromatic rings. The first kappa shape index (κ1) is 15.2. The molecule has 5 heteroatoms. The van der Waals surface area contributed by atoms with Crippen molar-refractivity contribution in [3.63, 3.8) is 0 Å². The average molecular weight is 312 g/mol. The molecule has 0 spiro atoms. The van der Waals surface area contributed by atoms with Gasteiger partial charge in [-0.2, -0.15) is 0 Å². The largest absolute Gasteiger partial charge is 0.324 e. The van der Waals surface area contributed by atoms with Gasteiger partial charge in [0.1, 0.15) is 12.4 Å². The van der Waals surface area contributed by atoms with Crippen molar-refractivity contribution in [2.45, 2.75) is 19.9 Å². The summed E-state index contributed by atoms with van der Waals surface area (Å²) in [6, 6.07) is 11.3. The summed E-state index contributed by atoms with van der Waals surface area (Å²) in [5.41, 5.74) is 3.30. The Morgan fingerprint density at radius 2 is 1.91 bits per heavy atom. The summed E-state index contributed by atoms with van der Waals surface area (Å²) >= 11 is 0. The number of rotatable bonds is 1. The molecule has 0 radical (unpaired) electrons. The van der Waals surface area contributed by atoms with Crippen molar-refractivity contribution in [1.29, 1.82) is 0 Å². The van der Waals surface area contributed by atoms with E-state index in [4.69, 9.17) is 0 Å². The van der Waals surface area contributed by atoms with Crippen molar-refractivity contribution in [2.75, 3.05) is 11.9 Å². The molecule has 4 nitrogen and oxygen atoms in total. The lowest BCUT2D eigenvalue weighted by Gasteiger charge is -2.29. The normalized spacial score (nSPS) is 17.3. The van der Waals surface area contributed by atoms with Gasteiger partial charge in [-0.15, -0.1) is 0 Å². The van der Waals surface area contributed by atoms with Gasteiger partial charge in [-0.25, -0.2) is 4.39 Å². The SMILES string of the molecule is CC(=O)N1CC(=O)Nc2ccc(C)cc2C1c1ccc(F)cc1. The highest BCUT2D eigenvalue weighted by molar-refractivity contribution is 5.96. The molecule has 2 aromatic carbocycles. The average Bonchev–Trinajstić information content (AvgIpc) is 2.64. The minimum atomic E-state index is -0.429. The summed E-state index contributed by atoms with van der Waals surface area (Å²) in [5, 5.41) is 2.84. The number of halogens is 1. The number of amides is 2. The van der Waals surface area contributed by atoms with Crippen molar-refractivity contribution in [3.8, 4) is 0 Å². The number of anilines is 1. The number of carbonyl (C=O) groups is 2. The van der Waals surface area contributed by atoms with Crippen LogP contribution in [0.3, 0.4) is 0 Å². The molecular weight excluding hydrogens is 295 g/mol. The van der Waals surface area contributed by atoms with Gasteiger partial charge in [0.2, 0.25) is 11.8 Å². The van der Waals surface area contributed by atoms with Crippen LogP contribution in [-0.4, -0.2) is 23.3 Å². The van der Waals surface area contributed by atoms with Gasteiger partial charge in [-0.1, -0.05) is 29.8 Å². The fraction of sp³-hybridized carbons (Fsp3) is 0.222. The van der Waals surface area contributed by atoms with E-state index in [-0.39, 0.29) is 24.2 Å². The molecule has 0 bridgehead atoms. The van der Waals surface area contributed by atoms with E-state index in [0.717, 1.165) is 16.7 Å². The second kappa shape index (κ2) is 5.83. The number of nitrogens with zero attached hydrogens (tertiary/aromatic N) is 1. The van der Waals surface area contributed by atoms with Gasteiger partial charge in [0.25, 0.3) is 0 Å². The van der Waals surface area contributed by atoms with Crippen LogP contribution in [0.15, 0.2) is 42.5 Å². The second-order valence-corrected chi connectivity index (χ2v) is 5.74. The van der Waals surface area contributed by atoms with E-state index < -0.39 is 6.04 Å². The predicted octanol–water partition coefficient (Wildman–Crippen LogP) is 3.02. The van der Waals surface area contributed by atoms with Crippen LogP contribution in [0.1, 0.15) is 29.7 Å². The summed E-state index contributed by atoms with van der Waals surface area (Å²) in [5.74, 6) is -0.783. The summed E-state index contributed by atoms with van der Waals surface area (Å²) in [7, 11) is 0. The van der Waals surface area contributed by atoms with Crippen LogP contribution in [0.4, 0.5) is 10.1 Å². The number of aryl methyl sites for hydroxylation is 1. The van der Waals surface area contributed by atoms with Crippen LogP contribution in [-0.2, 0) is 9.59 Å². The number of benzene rings is 2. The Bertz CT molecular complexity index is 771. The third kappa shape index (κ3) is 2.95. The molecule has 0 fully saturated rings. The van der Waals surface area contributed by atoms with Crippen molar-refractivity contribution in [1.82, 2.24) is 4.90 Å². The topological polar surface area (TPSA) is 49.4 Å². The van der Waals surface area contributed by atoms with E-state index in [0.29, 0.717) is 5.69 Å². The summed E-state index contributed by atoms with van der Waals surface area (Å²) in [6.07, 6.45) is 0. The molecule has 1 aliphatic rings. The van der Waals surface area contributed by atoms with E-state index >= 15 is 0 Å². The van der Waals surface area contributed by atoms with Crippen LogP contribution < -0.4 is 5.32 Å². The Morgan fingerprint density at radius 3 is 2.57 bits per heavy atom. The van der Waals surface area contributed by atoms with Crippen LogP contribution in [0, 0.1) is 12.7 Å². The zero-order chi connectivity index (χ0) is 16.6. The zero-order valence-electron chi connectivity index (χ0n) is 13.0. The van der Waals surface area contributed by atoms with Gasteiger partial charge in [-0.05, 0) is 30.7 Å². The standard InChI is InChI=1S/C18H17FN2O2/c1-11-3-8-16-15(9-11)18(13-4-6-14(19)7-5-13)21(12(2)22)10-17(23)20-16/h3-9,18H,10H2,1-2H3,(H,20,23). The predicted molar refractivity (Wildman–Crippen MR) is 85.4 cm³/mol. The lowest BCUT2D eigenvalue weighted by molar-refractivity contribution is -0.134.